The number of carboxylic acid groups (broad SMARTS) is 1. The van der Waals surface area contributed by atoms with Crippen molar-refractivity contribution in [2.45, 2.75) is 51.2 Å². The predicted molar refractivity (Wildman–Crippen MR) is 167 cm³/mol. The van der Waals surface area contributed by atoms with Crippen LogP contribution in [0.2, 0.25) is 0 Å². The molecule has 7 heteroatoms. The van der Waals surface area contributed by atoms with E-state index in [0.717, 1.165) is 40.5 Å². The van der Waals surface area contributed by atoms with Crippen LogP contribution in [0, 0.1) is 6.92 Å². The third kappa shape index (κ3) is 5.51. The topological polar surface area (TPSA) is 77.8 Å². The van der Waals surface area contributed by atoms with Crippen molar-refractivity contribution in [1.29, 1.82) is 0 Å². The predicted octanol–water partition coefficient (Wildman–Crippen LogP) is 7.31. The number of carbonyl (C=O) groups is 1. The van der Waals surface area contributed by atoms with Crippen LogP contribution in [0.3, 0.4) is 0 Å². The molecule has 0 saturated heterocycles. The first-order chi connectivity index (χ1) is 19.8. The highest BCUT2D eigenvalue weighted by Gasteiger charge is 2.38. The van der Waals surface area contributed by atoms with Gasteiger partial charge >= 0.3 is 5.97 Å². The molecule has 1 N–H and O–H groups in total. The summed E-state index contributed by atoms with van der Waals surface area (Å²) in [6, 6.07) is 21.3. The molecule has 212 valence electrons. The van der Waals surface area contributed by atoms with Gasteiger partial charge in [0.1, 0.15) is 17.2 Å². The number of hydrogen-bond donors (Lipinski definition) is 2. The lowest BCUT2D eigenvalue weighted by Gasteiger charge is -2.18. The number of hydrogen-bond acceptors (Lipinski definition) is 5. The molecular weight excluding hydrogens is 534 g/mol. The van der Waals surface area contributed by atoms with Gasteiger partial charge in [0.05, 0.1) is 24.7 Å². The molecule has 2 heterocycles. The van der Waals surface area contributed by atoms with Crippen molar-refractivity contribution in [2.75, 3.05) is 13.7 Å². The molecule has 0 saturated carbocycles. The van der Waals surface area contributed by atoms with Crippen LogP contribution in [0.1, 0.15) is 65.8 Å². The number of fused-ring (bicyclic) bond motifs is 2. The number of ether oxygens (including phenoxy) is 2. The van der Waals surface area contributed by atoms with Gasteiger partial charge in [-0.15, -0.1) is 0 Å². The van der Waals surface area contributed by atoms with E-state index in [2.05, 4.69) is 25.1 Å². The van der Waals surface area contributed by atoms with E-state index in [9.17, 15) is 14.7 Å². The largest absolute Gasteiger partial charge is 0.495 e. The van der Waals surface area contributed by atoms with Crippen LogP contribution in [0.5, 0.6) is 11.5 Å². The Kier molecular flexibility index (Phi) is 8.54. The number of carboxylic acids is 1. The second-order valence-corrected chi connectivity index (χ2v) is 11.0. The number of aromatic nitrogens is 1. The van der Waals surface area contributed by atoms with Crippen molar-refractivity contribution >= 4 is 40.6 Å². The Hall–Kier alpha value is -3.97. The summed E-state index contributed by atoms with van der Waals surface area (Å²) in [4.78, 5) is 26.2. The number of rotatable bonds is 11. The van der Waals surface area contributed by atoms with E-state index >= 15 is 0 Å². The van der Waals surface area contributed by atoms with Crippen LogP contribution in [-0.4, -0.2) is 29.4 Å². The lowest BCUT2D eigenvalue weighted by molar-refractivity contribution is -0.130. The molecule has 0 radical (unpaired) electrons. The monoisotopic (exact) mass is 569 g/mol. The van der Waals surface area contributed by atoms with Crippen molar-refractivity contribution in [2.24, 2.45) is 0 Å². The molecule has 1 unspecified atom stereocenters. The second-order valence-electron chi connectivity index (χ2n) is 10.4. The number of aliphatic carboxylic acids is 1. The Morgan fingerprint density at radius 1 is 1.00 bits per heavy atom. The molecule has 1 aliphatic rings. The van der Waals surface area contributed by atoms with E-state index in [4.69, 9.17) is 22.1 Å². The van der Waals surface area contributed by atoms with Gasteiger partial charge in [0.15, 0.2) is 0 Å². The molecule has 0 spiro atoms. The molecule has 0 aliphatic carbocycles. The Bertz CT molecular complexity index is 1700. The average molecular weight is 570 g/mol. The molecule has 1 aromatic heterocycles. The fourth-order valence-electron chi connectivity index (χ4n) is 5.74. The van der Waals surface area contributed by atoms with Crippen molar-refractivity contribution < 1.29 is 19.4 Å². The molecule has 4 aromatic rings. The number of nitrogens with zero attached hydrogens (tertiary/aromatic N) is 1. The highest BCUT2D eigenvalue weighted by Crippen LogP contribution is 2.49. The average Bonchev–Trinajstić information content (AvgIpc) is 3.28. The summed E-state index contributed by atoms with van der Waals surface area (Å²) in [6.07, 6.45) is 4.92. The first kappa shape index (κ1) is 28.6. The van der Waals surface area contributed by atoms with Gasteiger partial charge in [-0.2, -0.15) is 12.6 Å². The van der Waals surface area contributed by atoms with Gasteiger partial charge in [-0.3, -0.25) is 9.36 Å². The maximum atomic E-state index is 13.6. The van der Waals surface area contributed by atoms with Gasteiger partial charge in [0.25, 0.3) is 5.56 Å². The maximum Gasteiger partial charge on any atom is 0.353 e. The SMILES string of the molecule is CCCCCCOc1ccc(C2=C(C(=O)O)n3c(c(OC)c(Cc4cccc5ccccc45)cc3=O)C2S)cc1C. The third-order valence-corrected chi connectivity index (χ3v) is 8.21. The number of thiol groups is 1. The third-order valence-electron chi connectivity index (χ3n) is 7.70. The molecule has 0 amide bonds. The molecule has 1 atom stereocenters. The fraction of sp³-hybridized carbons (Fsp3) is 0.294. The van der Waals surface area contributed by atoms with Crippen molar-refractivity contribution in [3.63, 3.8) is 0 Å². The fourth-order valence-corrected chi connectivity index (χ4v) is 6.25. The van der Waals surface area contributed by atoms with Gasteiger partial charge in [-0.05, 0) is 52.9 Å². The van der Waals surface area contributed by atoms with Gasteiger partial charge in [-0.25, -0.2) is 4.79 Å². The lowest BCUT2D eigenvalue weighted by atomic mass is 9.96. The Morgan fingerprint density at radius 3 is 2.51 bits per heavy atom. The van der Waals surface area contributed by atoms with Gasteiger partial charge in [-0.1, -0.05) is 74.7 Å². The van der Waals surface area contributed by atoms with Gasteiger partial charge < -0.3 is 14.6 Å². The molecule has 5 rings (SSSR count). The Labute approximate surface area is 245 Å². The van der Waals surface area contributed by atoms with Crippen LogP contribution in [0.4, 0.5) is 0 Å². The number of unbranched alkanes of at least 4 members (excludes halogenated alkanes) is 3. The quantitative estimate of drug-likeness (QED) is 0.146. The molecule has 41 heavy (non-hydrogen) atoms. The van der Waals surface area contributed by atoms with E-state index in [1.807, 2.05) is 49.4 Å². The zero-order valence-electron chi connectivity index (χ0n) is 23.6. The van der Waals surface area contributed by atoms with Crippen molar-refractivity contribution in [3.05, 3.63) is 105 Å². The zero-order chi connectivity index (χ0) is 29.1. The first-order valence-corrected chi connectivity index (χ1v) is 14.6. The summed E-state index contributed by atoms with van der Waals surface area (Å²) in [6.45, 7) is 4.75. The molecule has 3 aromatic carbocycles. The van der Waals surface area contributed by atoms with E-state index in [-0.39, 0.29) is 5.70 Å². The minimum absolute atomic E-state index is 0.104. The van der Waals surface area contributed by atoms with Crippen LogP contribution in [0.15, 0.2) is 71.5 Å². The summed E-state index contributed by atoms with van der Waals surface area (Å²) in [5, 5.41) is 11.8. The minimum Gasteiger partial charge on any atom is -0.495 e. The normalized spacial score (nSPS) is 14.4. The Morgan fingerprint density at radius 2 is 1.78 bits per heavy atom. The van der Waals surface area contributed by atoms with Gasteiger partial charge in [0, 0.05) is 23.6 Å². The van der Waals surface area contributed by atoms with E-state index in [0.29, 0.717) is 41.2 Å². The van der Waals surface area contributed by atoms with Gasteiger partial charge in [0.2, 0.25) is 0 Å². The molecule has 1 aliphatic heterocycles. The molecule has 0 fully saturated rings. The zero-order valence-corrected chi connectivity index (χ0v) is 24.5. The maximum absolute atomic E-state index is 13.6. The van der Waals surface area contributed by atoms with E-state index in [1.165, 1.54) is 23.5 Å². The Balaban J connectivity index is 1.54. The molecular formula is C34H35NO5S. The standard InChI is InChI=1S/C34H35NO5S/c1-4-5-6-9-17-40-27-16-15-24(18-21(27)2)29-30(34(37)38)35-28(36)20-25(32(39-3)31(35)33(29)41)19-23-13-10-12-22-11-7-8-14-26(22)23/h7-8,10-16,18,20,33,41H,4-6,9,17,19H2,1-3H3,(H,37,38). The van der Waals surface area contributed by atoms with Crippen LogP contribution >= 0.6 is 12.6 Å². The highest BCUT2D eigenvalue weighted by atomic mass is 32.1. The lowest BCUT2D eigenvalue weighted by Crippen LogP contribution is -2.24. The summed E-state index contributed by atoms with van der Waals surface area (Å²) in [5.74, 6) is 0.0359. The van der Waals surface area contributed by atoms with Crippen LogP contribution in [-0.2, 0) is 11.2 Å². The van der Waals surface area contributed by atoms with Crippen molar-refractivity contribution in [1.82, 2.24) is 4.57 Å². The smallest absolute Gasteiger partial charge is 0.353 e. The van der Waals surface area contributed by atoms with Crippen molar-refractivity contribution in [3.8, 4) is 11.5 Å². The molecule has 6 nitrogen and oxygen atoms in total. The summed E-state index contributed by atoms with van der Waals surface area (Å²) < 4.78 is 13.1. The second kappa shape index (κ2) is 12.3. The number of methoxy groups -OCH3 is 1. The summed E-state index contributed by atoms with van der Waals surface area (Å²) >= 11 is 4.89. The van der Waals surface area contributed by atoms with Crippen LogP contribution < -0.4 is 15.0 Å². The molecule has 0 bridgehead atoms. The van der Waals surface area contributed by atoms with E-state index < -0.39 is 16.8 Å². The highest BCUT2D eigenvalue weighted by molar-refractivity contribution is 7.81. The number of pyridine rings is 1. The summed E-state index contributed by atoms with van der Waals surface area (Å²) in [5.41, 5.74) is 3.66. The van der Waals surface area contributed by atoms with E-state index in [1.54, 1.807) is 7.11 Å². The summed E-state index contributed by atoms with van der Waals surface area (Å²) in [7, 11) is 1.54. The number of aryl methyl sites for hydroxylation is 1. The van der Waals surface area contributed by atoms with Crippen LogP contribution in [0.25, 0.3) is 22.0 Å². The number of benzene rings is 3. The first-order valence-electron chi connectivity index (χ1n) is 14.0. The minimum atomic E-state index is -1.20.